The van der Waals surface area contributed by atoms with E-state index < -0.39 is 53.7 Å². The molecule has 0 amide bonds. The highest BCUT2D eigenvalue weighted by Crippen LogP contribution is 2.13. The lowest BCUT2D eigenvalue weighted by Crippen LogP contribution is -3.10. The molecule has 0 aliphatic heterocycles. The predicted octanol–water partition coefficient (Wildman–Crippen LogP) is 6.98. The molecule has 0 aliphatic carbocycles. The summed E-state index contributed by atoms with van der Waals surface area (Å²) in [5.74, 6) is -8.06. The number of aromatic carboxylic acids is 3. The smallest absolute Gasteiger partial charge is 0.339 e. The number of rotatable bonds is 32. The van der Waals surface area contributed by atoms with E-state index in [9.17, 15) is 52.7 Å². The van der Waals surface area contributed by atoms with Gasteiger partial charge in [0, 0.05) is 28.9 Å². The molecule has 504 valence electrons. The van der Waals surface area contributed by atoms with Crippen LogP contribution < -0.4 is 9.80 Å². The van der Waals surface area contributed by atoms with Crippen molar-refractivity contribution < 1.29 is 116 Å². The van der Waals surface area contributed by atoms with Gasteiger partial charge in [0.25, 0.3) is 0 Å². The van der Waals surface area contributed by atoms with E-state index in [0.29, 0.717) is 63.1 Å². The molecule has 0 atom stereocenters. The molecule has 24 nitrogen and oxygen atoms in total. The van der Waals surface area contributed by atoms with Gasteiger partial charge in [-0.15, -0.1) is 0 Å². The summed E-state index contributed by atoms with van der Waals surface area (Å²) in [5.41, 5.74) is 1.85. The van der Waals surface area contributed by atoms with Crippen LogP contribution in [0, 0.1) is 0 Å². The second-order valence-electron chi connectivity index (χ2n) is 19.5. The molecule has 4 aromatic rings. The number of carbonyl (C=O) groups excluding carboxylic acids is 8. The number of carbonyl (C=O) groups is 11. The van der Waals surface area contributed by atoms with Crippen molar-refractivity contribution in [2.75, 3.05) is 93.6 Å². The van der Waals surface area contributed by atoms with Crippen LogP contribution in [0.1, 0.15) is 121 Å². The molecule has 5 N–H and O–H groups in total. The number of nitrogens with one attached hydrogen (secondary N) is 2. The van der Waals surface area contributed by atoms with Crippen molar-refractivity contribution in [1.29, 1.82) is 0 Å². The third-order valence-electron chi connectivity index (χ3n) is 11.4. The Morgan fingerprint density at radius 2 is 0.645 bits per heavy atom. The lowest BCUT2D eigenvalue weighted by molar-refractivity contribution is -0.880. The summed E-state index contributed by atoms with van der Waals surface area (Å²) < 4.78 is 39.0. The van der Waals surface area contributed by atoms with Gasteiger partial charge in [0.05, 0.1) is 87.5 Å². The minimum atomic E-state index is -1.22. The first-order chi connectivity index (χ1) is 44.1. The molecule has 0 aromatic heterocycles. The molecule has 0 aliphatic rings. The van der Waals surface area contributed by atoms with Gasteiger partial charge in [-0.25, -0.2) is 52.7 Å². The van der Waals surface area contributed by atoms with E-state index in [1.807, 2.05) is 43.5 Å². The summed E-state index contributed by atoms with van der Waals surface area (Å²) in [6, 6.07) is 27.4. The Balaban J connectivity index is 0. The van der Waals surface area contributed by atoms with Crippen molar-refractivity contribution >= 4 is 71.7 Å². The molecular formula is C69H88N2O22+2. The van der Waals surface area contributed by atoms with Gasteiger partial charge in [-0.2, -0.15) is 0 Å². The van der Waals surface area contributed by atoms with Gasteiger partial charge in [0.1, 0.15) is 39.5 Å². The Kier molecular flexibility index (Phi) is 46.5. The number of carboxylic acid groups (broad SMARTS) is 3. The summed E-state index contributed by atoms with van der Waals surface area (Å²) in [6.45, 7) is 31.0. The first-order valence-electron chi connectivity index (χ1n) is 28.9. The number of benzene rings is 4. The number of unbranched alkanes of at least 4 members (excludes halogenated alkanes) is 2. The van der Waals surface area contributed by atoms with Crippen LogP contribution in [-0.2, 0) is 61.9 Å². The number of hydrogen-bond donors (Lipinski definition) is 5. The molecular weight excluding hydrogens is 1210 g/mol. The number of hydrogen-bond acceptors (Lipinski definition) is 19. The molecule has 93 heavy (non-hydrogen) atoms. The fourth-order valence-corrected chi connectivity index (χ4v) is 5.97. The highest BCUT2D eigenvalue weighted by Gasteiger charge is 2.20. The highest BCUT2D eigenvalue weighted by atomic mass is 16.6. The van der Waals surface area contributed by atoms with E-state index in [0.717, 1.165) is 17.1 Å². The maximum Gasteiger partial charge on any atom is 0.339 e. The van der Waals surface area contributed by atoms with Crippen LogP contribution in [0.25, 0.3) is 6.08 Å². The summed E-state index contributed by atoms with van der Waals surface area (Å²) in [4.78, 5) is 125. The van der Waals surface area contributed by atoms with Crippen LogP contribution in [0.3, 0.4) is 0 Å². The molecule has 0 spiro atoms. The molecule has 0 saturated carbocycles. The quantitative estimate of drug-likeness (QED) is 0.0142. The Morgan fingerprint density at radius 1 is 0.387 bits per heavy atom. The minimum Gasteiger partial charge on any atom is -0.478 e. The van der Waals surface area contributed by atoms with Gasteiger partial charge < -0.3 is 63.0 Å². The fourth-order valence-electron chi connectivity index (χ4n) is 5.97. The topological polar surface area (TPSA) is 331 Å². The molecule has 24 heteroatoms. The lowest BCUT2D eigenvalue weighted by Gasteiger charge is -2.14. The Morgan fingerprint density at radius 3 is 0.903 bits per heavy atom. The molecule has 0 unspecified atom stereocenters. The first-order valence-corrected chi connectivity index (χ1v) is 28.9. The van der Waals surface area contributed by atoms with Crippen LogP contribution in [0.4, 0.5) is 0 Å². The molecule has 0 fully saturated rings. The van der Waals surface area contributed by atoms with E-state index >= 15 is 0 Å². The standard InChI is InChI=1S/2C15H16O6.C14H14O6.C13H21NO4.C8H8.C4H11N/c2*1-2-13(16)20-9-5-6-10-21-15(19)12-8-4-3-7-11(12)14(17)18;1-9(2)13(17)19-7-8-20-14(18)11-6-4-3-5-10(11)12(15)16;1-10(2)12(15)17-8-6-14(5)7-9-18-13(16)11(3)4;1-2-8-6-4-3-5-7-8;1-4-5(2)3/h2*2-4,7-8H,1,5-6,9-10H2,(H,17,18);3-6H,1,7-8H2,2H3,(H,15,16);1,3,6-9H2,2,4-5H3;2-7H,1H2;4H2,1-3H3/p+2. The summed E-state index contributed by atoms with van der Waals surface area (Å²) >= 11 is 0. The van der Waals surface area contributed by atoms with Crippen LogP contribution in [0.5, 0.6) is 0 Å². The summed E-state index contributed by atoms with van der Waals surface area (Å²) in [6.07, 6.45) is 6.06. The monoisotopic (exact) mass is 1300 g/mol. The summed E-state index contributed by atoms with van der Waals surface area (Å²) in [7, 11) is 6.21. The van der Waals surface area contributed by atoms with Gasteiger partial charge in [-0.05, 0) is 95.3 Å². The molecule has 0 bridgehead atoms. The van der Waals surface area contributed by atoms with Gasteiger partial charge >= 0.3 is 65.7 Å². The first kappa shape index (κ1) is 84.5. The zero-order valence-corrected chi connectivity index (χ0v) is 54.0. The van der Waals surface area contributed by atoms with E-state index in [-0.39, 0.29) is 90.5 Å². The van der Waals surface area contributed by atoms with Crippen LogP contribution in [-0.4, -0.2) is 175 Å². The maximum absolute atomic E-state index is 11.8. The second kappa shape index (κ2) is 51.2. The molecule has 0 radical (unpaired) electrons. The van der Waals surface area contributed by atoms with Gasteiger partial charge in [0.2, 0.25) is 0 Å². The zero-order chi connectivity index (χ0) is 70.7. The maximum atomic E-state index is 11.8. The number of likely N-dealkylation sites (N-methyl/N-ethyl adjacent to an activating group) is 1. The van der Waals surface area contributed by atoms with Crippen molar-refractivity contribution in [3.05, 3.63) is 210 Å². The largest absolute Gasteiger partial charge is 0.478 e. The predicted molar refractivity (Wildman–Crippen MR) is 346 cm³/mol. The summed E-state index contributed by atoms with van der Waals surface area (Å²) in [5, 5.41) is 26.9. The van der Waals surface area contributed by atoms with E-state index in [2.05, 4.69) is 60.5 Å². The van der Waals surface area contributed by atoms with Crippen molar-refractivity contribution in [3.8, 4) is 0 Å². The van der Waals surface area contributed by atoms with Crippen LogP contribution in [0.2, 0.25) is 0 Å². The SMILES string of the molecule is C=C(C)C(=O)OCCOC(=O)c1ccccc1C(=O)O.C=C(C)C(=O)OCC[NH+](C)CCOC(=O)C(=C)C.C=CC(=O)OCCCCOC(=O)c1ccccc1C(=O)O.C=CC(=O)OCCCCOC(=O)c1ccccc1C(=O)O.C=Cc1ccccc1.CC[NH+](C)C. The second-order valence-corrected chi connectivity index (χ2v) is 19.5. The molecule has 4 aromatic carbocycles. The lowest BCUT2D eigenvalue weighted by atomic mass is 10.1. The van der Waals surface area contributed by atoms with Gasteiger partial charge in [-0.1, -0.05) is 112 Å². The third-order valence-corrected chi connectivity index (χ3v) is 11.4. The van der Waals surface area contributed by atoms with Crippen LogP contribution >= 0.6 is 0 Å². The van der Waals surface area contributed by atoms with Crippen LogP contribution in [0.15, 0.2) is 171 Å². The number of ether oxygens (including phenoxy) is 8. The highest BCUT2D eigenvalue weighted by molar-refractivity contribution is 6.04. The minimum absolute atomic E-state index is 0.0167. The average Bonchev–Trinajstić information content (AvgIpc) is 1.89. The Bertz CT molecular complexity index is 2980. The molecule has 0 saturated heterocycles. The van der Waals surface area contributed by atoms with E-state index in [4.69, 9.17) is 53.2 Å². The molecule has 0 heterocycles. The van der Waals surface area contributed by atoms with E-state index in [1.54, 1.807) is 26.0 Å². The van der Waals surface area contributed by atoms with Crippen molar-refractivity contribution in [2.45, 2.75) is 53.4 Å². The van der Waals surface area contributed by atoms with Gasteiger partial charge in [-0.3, -0.25) is 0 Å². The van der Waals surface area contributed by atoms with Crippen molar-refractivity contribution in [1.82, 2.24) is 0 Å². The Hall–Kier alpha value is -10.6. The molecule has 4 rings (SSSR count). The normalized spacial score (nSPS) is 9.65. The zero-order valence-electron chi connectivity index (χ0n) is 54.0. The number of quaternary nitrogens is 2. The van der Waals surface area contributed by atoms with Crippen molar-refractivity contribution in [2.24, 2.45) is 0 Å². The number of esters is 8. The van der Waals surface area contributed by atoms with E-state index in [1.165, 1.54) is 84.6 Å². The number of carboxylic acids is 3. The van der Waals surface area contributed by atoms with Gasteiger partial charge in [0.15, 0.2) is 0 Å². The van der Waals surface area contributed by atoms with Crippen molar-refractivity contribution in [3.63, 3.8) is 0 Å². The Labute approximate surface area is 543 Å². The average molecular weight is 1300 g/mol. The fraction of sp³-hybridized carbons (Fsp3) is 0.319. The third kappa shape index (κ3) is 41.4.